The third kappa shape index (κ3) is 4.02. The molecule has 0 N–H and O–H groups in total. The van der Waals surface area contributed by atoms with Crippen LogP contribution in [-0.2, 0) is 14.3 Å². The third-order valence-electron chi connectivity index (χ3n) is 5.33. The van der Waals surface area contributed by atoms with Crippen molar-refractivity contribution in [2.75, 3.05) is 18.6 Å². The maximum atomic E-state index is 12.9. The molecule has 1 heterocycles. The van der Waals surface area contributed by atoms with Crippen LogP contribution in [0.1, 0.15) is 46.5 Å². The van der Waals surface area contributed by atoms with E-state index >= 15 is 0 Å². The molecule has 0 bridgehead atoms. The minimum absolute atomic E-state index is 0.115. The number of hydrogen-bond donors (Lipinski definition) is 0. The summed E-state index contributed by atoms with van der Waals surface area (Å²) in [6, 6.07) is 0. The van der Waals surface area contributed by atoms with Crippen molar-refractivity contribution in [3.05, 3.63) is 0 Å². The third-order valence-corrected chi connectivity index (χ3v) is 8.75. The molecule has 2 fully saturated rings. The molecule has 0 aromatic rings. The summed E-state index contributed by atoms with van der Waals surface area (Å²) >= 11 is 4.06. The molecule has 4 atom stereocenters. The number of ketones is 1. The van der Waals surface area contributed by atoms with Gasteiger partial charge in [0.05, 0.1) is 17.1 Å². The van der Waals surface area contributed by atoms with Gasteiger partial charge in [-0.25, -0.2) is 0 Å². The quantitative estimate of drug-likeness (QED) is 0.705. The molecule has 22 heavy (non-hydrogen) atoms. The summed E-state index contributed by atoms with van der Waals surface area (Å²) in [5.41, 5.74) is 0. The van der Waals surface area contributed by atoms with E-state index in [2.05, 4.69) is 13.8 Å². The fraction of sp³-hybridized carbons (Fsp3) is 0.882. The molecule has 2 rings (SSSR count). The summed E-state index contributed by atoms with van der Waals surface area (Å²) in [5, 5.41) is 0. The van der Waals surface area contributed by atoms with Gasteiger partial charge in [0.1, 0.15) is 5.78 Å². The van der Waals surface area contributed by atoms with E-state index in [9.17, 15) is 9.59 Å². The fourth-order valence-electron chi connectivity index (χ4n) is 3.73. The zero-order valence-electron chi connectivity index (χ0n) is 14.1. The first kappa shape index (κ1) is 18.2. The van der Waals surface area contributed by atoms with E-state index in [0.29, 0.717) is 11.7 Å². The lowest BCUT2D eigenvalue weighted by atomic mass is 9.68. The number of methoxy groups -OCH3 is 1. The Hall–Kier alpha value is -0.160. The van der Waals surface area contributed by atoms with Crippen molar-refractivity contribution in [3.8, 4) is 0 Å². The molecule has 0 amide bonds. The van der Waals surface area contributed by atoms with Crippen molar-refractivity contribution in [1.29, 1.82) is 0 Å². The Morgan fingerprint density at radius 1 is 1.36 bits per heavy atom. The summed E-state index contributed by atoms with van der Waals surface area (Å²) in [7, 11) is 1.40. The Balaban J connectivity index is 1.99. The molecule has 0 radical (unpaired) electrons. The Bertz CT molecular complexity index is 418. The van der Waals surface area contributed by atoms with E-state index in [1.54, 1.807) is 0 Å². The van der Waals surface area contributed by atoms with Crippen LogP contribution >= 0.6 is 23.5 Å². The van der Waals surface area contributed by atoms with E-state index in [4.69, 9.17) is 4.74 Å². The Kier molecular flexibility index (Phi) is 6.29. The van der Waals surface area contributed by atoms with Gasteiger partial charge in [-0.2, -0.15) is 0 Å². The van der Waals surface area contributed by atoms with Crippen molar-refractivity contribution < 1.29 is 14.3 Å². The van der Waals surface area contributed by atoms with Crippen molar-refractivity contribution in [2.24, 2.45) is 23.7 Å². The van der Waals surface area contributed by atoms with Gasteiger partial charge in [-0.15, -0.1) is 23.5 Å². The van der Waals surface area contributed by atoms with Crippen LogP contribution in [0.25, 0.3) is 0 Å². The summed E-state index contributed by atoms with van der Waals surface area (Å²) in [4.78, 5) is 24.7. The number of esters is 1. The minimum atomic E-state index is -0.307. The second kappa shape index (κ2) is 7.61. The highest BCUT2D eigenvalue weighted by Crippen LogP contribution is 2.48. The van der Waals surface area contributed by atoms with Gasteiger partial charge >= 0.3 is 5.97 Å². The van der Waals surface area contributed by atoms with E-state index in [1.807, 2.05) is 30.4 Å². The number of Topliss-reactive ketones (excluding diaryl/α,β-unsaturated/α-hetero) is 1. The molecule has 126 valence electrons. The Morgan fingerprint density at radius 2 is 2.00 bits per heavy atom. The monoisotopic (exact) mass is 344 g/mol. The zero-order valence-corrected chi connectivity index (χ0v) is 15.7. The van der Waals surface area contributed by atoms with Crippen molar-refractivity contribution in [2.45, 2.75) is 50.5 Å². The lowest BCUT2D eigenvalue weighted by molar-refractivity contribution is -0.151. The highest BCUT2D eigenvalue weighted by Gasteiger charge is 2.42. The number of rotatable bonds is 5. The van der Waals surface area contributed by atoms with Crippen LogP contribution in [0.3, 0.4) is 0 Å². The van der Waals surface area contributed by atoms with Gasteiger partial charge in [0.25, 0.3) is 0 Å². The predicted octanol–water partition coefficient (Wildman–Crippen LogP) is 4.00. The second-order valence-corrected chi connectivity index (χ2v) is 10.3. The lowest BCUT2D eigenvalue weighted by Crippen LogP contribution is -2.40. The molecule has 1 aliphatic heterocycles. The smallest absolute Gasteiger partial charge is 0.309 e. The van der Waals surface area contributed by atoms with Crippen LogP contribution in [0.5, 0.6) is 0 Å². The average Bonchev–Trinajstić information content (AvgIpc) is 2.92. The minimum Gasteiger partial charge on any atom is -0.469 e. The zero-order chi connectivity index (χ0) is 16.3. The molecule has 0 spiro atoms. The van der Waals surface area contributed by atoms with Gasteiger partial charge in [-0.3, -0.25) is 9.59 Å². The number of ether oxygens (including phenoxy) is 1. The normalized spacial score (nSPS) is 32.7. The molecule has 0 unspecified atom stereocenters. The van der Waals surface area contributed by atoms with Crippen LogP contribution in [0.15, 0.2) is 0 Å². The number of hydrogen-bond acceptors (Lipinski definition) is 5. The number of carbonyl (C=O) groups is 2. The highest BCUT2D eigenvalue weighted by molar-refractivity contribution is 8.21. The van der Waals surface area contributed by atoms with Gasteiger partial charge in [-0.1, -0.05) is 13.8 Å². The topological polar surface area (TPSA) is 43.4 Å². The molecule has 1 saturated heterocycles. The average molecular weight is 345 g/mol. The van der Waals surface area contributed by atoms with Crippen molar-refractivity contribution in [1.82, 2.24) is 0 Å². The molecule has 0 aromatic carbocycles. The van der Waals surface area contributed by atoms with Crippen molar-refractivity contribution in [3.63, 3.8) is 0 Å². The van der Waals surface area contributed by atoms with Gasteiger partial charge in [0, 0.05) is 23.3 Å². The van der Waals surface area contributed by atoms with Gasteiger partial charge < -0.3 is 4.74 Å². The molecule has 1 saturated carbocycles. The molecular weight excluding hydrogens is 316 g/mol. The first-order chi connectivity index (χ1) is 10.4. The Labute approximate surface area is 142 Å². The summed E-state index contributed by atoms with van der Waals surface area (Å²) in [6.07, 6.45) is 3.91. The fourth-order valence-corrected chi connectivity index (χ4v) is 6.62. The predicted molar refractivity (Wildman–Crippen MR) is 94.1 cm³/mol. The maximum Gasteiger partial charge on any atom is 0.309 e. The maximum absolute atomic E-state index is 12.9. The van der Waals surface area contributed by atoms with E-state index in [-0.39, 0.29) is 27.8 Å². The van der Waals surface area contributed by atoms with E-state index in [0.717, 1.165) is 25.7 Å². The molecule has 2 aliphatic rings. The molecule has 5 heteroatoms. The lowest BCUT2D eigenvalue weighted by Gasteiger charge is -2.36. The molecule has 1 aliphatic carbocycles. The standard InChI is InChI=1S/C17H28O3S2/c1-11-5-6-14(12(2)16(19)20-4)15(18)13(11)7-8-17(3)21-9-10-22-17/h11-14H,5-10H2,1-4H3/t11-,12-,13+,14+/m1/s1. The number of thioether (sulfide) groups is 2. The van der Waals surface area contributed by atoms with Crippen LogP contribution in [0.2, 0.25) is 0 Å². The molecular formula is C17H28O3S2. The van der Waals surface area contributed by atoms with Crippen LogP contribution in [-0.4, -0.2) is 34.4 Å². The highest BCUT2D eigenvalue weighted by atomic mass is 32.2. The summed E-state index contributed by atoms with van der Waals surface area (Å²) < 4.78 is 5.11. The van der Waals surface area contributed by atoms with Gasteiger partial charge in [0.15, 0.2) is 0 Å². The SMILES string of the molecule is COC(=O)[C@H](C)[C@@H]1CC[C@@H](C)[C@H](CCC2(C)SCCS2)C1=O. The summed E-state index contributed by atoms with van der Waals surface area (Å²) in [6.45, 7) is 6.34. The van der Waals surface area contributed by atoms with Crippen LogP contribution in [0.4, 0.5) is 0 Å². The van der Waals surface area contributed by atoms with Gasteiger partial charge in [-0.05, 0) is 38.5 Å². The van der Waals surface area contributed by atoms with E-state index in [1.165, 1.54) is 18.6 Å². The van der Waals surface area contributed by atoms with Crippen LogP contribution in [0, 0.1) is 23.7 Å². The van der Waals surface area contributed by atoms with E-state index < -0.39 is 0 Å². The largest absolute Gasteiger partial charge is 0.469 e. The van der Waals surface area contributed by atoms with Crippen LogP contribution < -0.4 is 0 Å². The first-order valence-corrected chi connectivity index (χ1v) is 10.2. The number of carbonyl (C=O) groups excluding carboxylic acids is 2. The molecule has 0 aromatic heterocycles. The molecule has 3 nitrogen and oxygen atoms in total. The summed E-state index contributed by atoms with van der Waals surface area (Å²) in [5.74, 6) is 2.59. The van der Waals surface area contributed by atoms with Gasteiger partial charge in [0.2, 0.25) is 0 Å². The Morgan fingerprint density at radius 3 is 2.59 bits per heavy atom. The van der Waals surface area contributed by atoms with Crippen molar-refractivity contribution >= 4 is 35.3 Å². The second-order valence-electron chi connectivity index (χ2n) is 6.85. The first-order valence-electron chi connectivity index (χ1n) is 8.27.